The topological polar surface area (TPSA) is 41.6 Å². The van der Waals surface area contributed by atoms with E-state index in [-0.39, 0.29) is 0 Å². The van der Waals surface area contributed by atoms with Crippen LogP contribution in [0.25, 0.3) is 11.1 Å². The number of rotatable bonds is 4. The minimum Gasteiger partial charge on any atom is -0.440 e. The van der Waals surface area contributed by atoms with E-state index in [1.807, 2.05) is 35.5 Å². The standard InChI is InChI=1S/C17H14BrN3OS/c18-12-6-7-15-13(10-12)20-17(22-15)11-23-16-5-2-1-4-14(16)21-9-3-8-19-21/h1-2,4-8,10H,3,9,11H2. The van der Waals surface area contributed by atoms with Crippen molar-refractivity contribution in [2.75, 3.05) is 11.6 Å². The van der Waals surface area contributed by atoms with Crippen LogP contribution in [-0.2, 0) is 5.75 Å². The molecule has 0 radical (unpaired) electrons. The molecular weight excluding hydrogens is 374 g/mol. The maximum Gasteiger partial charge on any atom is 0.205 e. The Labute approximate surface area is 146 Å². The van der Waals surface area contributed by atoms with Gasteiger partial charge in [0, 0.05) is 28.5 Å². The summed E-state index contributed by atoms with van der Waals surface area (Å²) >= 11 is 5.18. The Bertz CT molecular complexity index is 877. The number of para-hydroxylation sites is 1. The molecule has 116 valence electrons. The van der Waals surface area contributed by atoms with E-state index in [4.69, 9.17) is 4.42 Å². The molecule has 0 N–H and O–H groups in total. The first kappa shape index (κ1) is 14.8. The molecule has 0 atom stereocenters. The van der Waals surface area contributed by atoms with Crippen LogP contribution in [0.5, 0.6) is 0 Å². The number of nitrogens with zero attached hydrogens (tertiary/aromatic N) is 3. The van der Waals surface area contributed by atoms with Gasteiger partial charge in [0.15, 0.2) is 5.58 Å². The molecule has 0 spiro atoms. The molecule has 1 aliphatic heterocycles. The Morgan fingerprint density at radius 1 is 1.22 bits per heavy atom. The summed E-state index contributed by atoms with van der Waals surface area (Å²) in [4.78, 5) is 5.74. The Balaban J connectivity index is 1.55. The summed E-state index contributed by atoms with van der Waals surface area (Å²) in [6.07, 6.45) is 2.96. The largest absolute Gasteiger partial charge is 0.440 e. The molecule has 0 saturated carbocycles. The first-order valence-corrected chi connectivity index (χ1v) is 9.14. The normalized spacial score (nSPS) is 14.0. The molecule has 1 aliphatic rings. The zero-order chi connectivity index (χ0) is 15.6. The number of anilines is 1. The van der Waals surface area contributed by atoms with Gasteiger partial charge >= 0.3 is 0 Å². The number of hydrazone groups is 1. The maximum absolute atomic E-state index is 5.81. The van der Waals surface area contributed by atoms with Crippen LogP contribution in [0.3, 0.4) is 0 Å². The molecule has 0 bridgehead atoms. The van der Waals surface area contributed by atoms with Crippen LogP contribution in [-0.4, -0.2) is 17.7 Å². The van der Waals surface area contributed by atoms with E-state index < -0.39 is 0 Å². The average Bonchev–Trinajstić information content (AvgIpc) is 3.22. The highest BCUT2D eigenvalue weighted by atomic mass is 79.9. The van der Waals surface area contributed by atoms with Crippen molar-refractivity contribution >= 4 is 50.7 Å². The third-order valence-corrected chi connectivity index (χ3v) is 5.12. The van der Waals surface area contributed by atoms with Gasteiger partial charge in [-0.05, 0) is 30.3 Å². The van der Waals surface area contributed by atoms with Gasteiger partial charge in [-0.1, -0.05) is 28.1 Å². The molecule has 2 heterocycles. The zero-order valence-corrected chi connectivity index (χ0v) is 14.7. The third-order valence-electron chi connectivity index (χ3n) is 3.58. The molecule has 6 heteroatoms. The summed E-state index contributed by atoms with van der Waals surface area (Å²) in [6.45, 7) is 0.939. The molecule has 0 amide bonds. The van der Waals surface area contributed by atoms with E-state index in [2.05, 4.69) is 44.2 Å². The van der Waals surface area contributed by atoms with Crippen LogP contribution in [0.4, 0.5) is 5.69 Å². The number of halogens is 1. The number of aromatic nitrogens is 1. The number of oxazole rings is 1. The molecule has 4 rings (SSSR count). The van der Waals surface area contributed by atoms with Gasteiger partial charge in [0.05, 0.1) is 11.4 Å². The first-order chi connectivity index (χ1) is 11.3. The van der Waals surface area contributed by atoms with E-state index in [0.29, 0.717) is 5.75 Å². The Morgan fingerprint density at radius 2 is 2.13 bits per heavy atom. The van der Waals surface area contributed by atoms with Gasteiger partial charge in [0.2, 0.25) is 5.89 Å². The quantitative estimate of drug-likeness (QED) is 0.585. The number of fused-ring (bicyclic) bond motifs is 1. The Kier molecular flexibility index (Phi) is 4.10. The van der Waals surface area contributed by atoms with Crippen LogP contribution < -0.4 is 5.01 Å². The van der Waals surface area contributed by atoms with Crippen LogP contribution in [0.15, 0.2) is 61.4 Å². The molecule has 4 nitrogen and oxygen atoms in total. The zero-order valence-electron chi connectivity index (χ0n) is 12.3. The lowest BCUT2D eigenvalue weighted by Crippen LogP contribution is -2.12. The summed E-state index contributed by atoms with van der Waals surface area (Å²) in [5, 5.41) is 6.46. The van der Waals surface area contributed by atoms with Crippen molar-refractivity contribution < 1.29 is 4.42 Å². The highest BCUT2D eigenvalue weighted by molar-refractivity contribution is 9.10. The van der Waals surface area contributed by atoms with Crippen molar-refractivity contribution in [1.29, 1.82) is 0 Å². The highest BCUT2D eigenvalue weighted by Crippen LogP contribution is 2.34. The number of hydrogen-bond donors (Lipinski definition) is 0. The Hall–Kier alpha value is -1.79. The fraction of sp³-hybridized carbons (Fsp3) is 0.176. The third kappa shape index (κ3) is 3.14. The monoisotopic (exact) mass is 387 g/mol. The summed E-state index contributed by atoms with van der Waals surface area (Å²) in [7, 11) is 0. The van der Waals surface area contributed by atoms with Crippen molar-refractivity contribution in [3.8, 4) is 0 Å². The number of hydrogen-bond acceptors (Lipinski definition) is 5. The summed E-state index contributed by atoms with van der Waals surface area (Å²) < 4.78 is 6.82. The van der Waals surface area contributed by atoms with Gasteiger partial charge in [-0.15, -0.1) is 11.8 Å². The molecule has 0 fully saturated rings. The van der Waals surface area contributed by atoms with Gasteiger partial charge in [0.1, 0.15) is 5.52 Å². The van der Waals surface area contributed by atoms with E-state index in [1.54, 1.807) is 11.8 Å². The maximum atomic E-state index is 5.81. The second kappa shape index (κ2) is 6.37. The van der Waals surface area contributed by atoms with Gasteiger partial charge in [0.25, 0.3) is 0 Å². The van der Waals surface area contributed by atoms with Crippen molar-refractivity contribution in [2.45, 2.75) is 17.1 Å². The summed E-state index contributed by atoms with van der Waals surface area (Å²) in [6, 6.07) is 14.2. The van der Waals surface area contributed by atoms with Gasteiger partial charge in [-0.3, -0.25) is 5.01 Å². The molecule has 0 saturated heterocycles. The van der Waals surface area contributed by atoms with Crippen LogP contribution in [0.1, 0.15) is 12.3 Å². The van der Waals surface area contributed by atoms with Crippen LogP contribution in [0, 0.1) is 0 Å². The molecule has 0 unspecified atom stereocenters. The number of thioether (sulfide) groups is 1. The Morgan fingerprint density at radius 3 is 3.00 bits per heavy atom. The van der Waals surface area contributed by atoms with E-state index in [0.717, 1.165) is 40.1 Å². The van der Waals surface area contributed by atoms with E-state index in [1.165, 1.54) is 4.90 Å². The predicted molar refractivity (Wildman–Crippen MR) is 98.2 cm³/mol. The smallest absolute Gasteiger partial charge is 0.205 e. The molecular formula is C17H14BrN3OS. The second-order valence-corrected chi connectivity index (χ2v) is 7.12. The molecule has 2 aromatic carbocycles. The molecule has 3 aromatic rings. The van der Waals surface area contributed by atoms with Gasteiger partial charge < -0.3 is 4.42 Å². The molecule has 1 aromatic heterocycles. The molecule has 0 aliphatic carbocycles. The number of benzene rings is 2. The van der Waals surface area contributed by atoms with Crippen LogP contribution in [0.2, 0.25) is 0 Å². The van der Waals surface area contributed by atoms with E-state index >= 15 is 0 Å². The first-order valence-electron chi connectivity index (χ1n) is 7.36. The lowest BCUT2D eigenvalue weighted by atomic mass is 10.3. The second-order valence-electron chi connectivity index (χ2n) is 5.19. The van der Waals surface area contributed by atoms with E-state index in [9.17, 15) is 0 Å². The van der Waals surface area contributed by atoms with Crippen LogP contribution >= 0.6 is 27.7 Å². The minimum absolute atomic E-state index is 0.695. The SMILES string of the molecule is Brc1ccc2oc(CSc3ccccc3N3CCC=N3)nc2c1. The minimum atomic E-state index is 0.695. The average molecular weight is 388 g/mol. The van der Waals surface area contributed by atoms with Crippen molar-refractivity contribution in [2.24, 2.45) is 5.10 Å². The fourth-order valence-electron chi connectivity index (χ4n) is 2.52. The van der Waals surface area contributed by atoms with Crippen molar-refractivity contribution in [1.82, 2.24) is 4.98 Å². The summed E-state index contributed by atoms with van der Waals surface area (Å²) in [5.74, 6) is 1.43. The van der Waals surface area contributed by atoms with Crippen molar-refractivity contribution in [3.05, 3.63) is 52.8 Å². The highest BCUT2D eigenvalue weighted by Gasteiger charge is 2.14. The lowest BCUT2D eigenvalue weighted by Gasteiger charge is -2.17. The lowest BCUT2D eigenvalue weighted by molar-refractivity contribution is 0.556. The predicted octanol–water partition coefficient (Wildman–Crippen LogP) is 5.08. The van der Waals surface area contributed by atoms with Gasteiger partial charge in [-0.25, -0.2) is 4.98 Å². The van der Waals surface area contributed by atoms with Gasteiger partial charge in [-0.2, -0.15) is 5.10 Å². The fourth-order valence-corrected chi connectivity index (χ4v) is 3.77. The van der Waals surface area contributed by atoms with Crippen molar-refractivity contribution in [3.63, 3.8) is 0 Å². The summed E-state index contributed by atoms with van der Waals surface area (Å²) in [5.41, 5.74) is 2.85. The molecule has 23 heavy (non-hydrogen) atoms.